The zero-order valence-corrected chi connectivity index (χ0v) is 11.5. The second-order valence-electron chi connectivity index (χ2n) is 4.19. The van der Waals surface area contributed by atoms with Crippen LogP contribution in [-0.4, -0.2) is 0 Å². The molecule has 96 valence electrons. The molecule has 0 saturated heterocycles. The molecule has 1 heterocycles. The summed E-state index contributed by atoms with van der Waals surface area (Å²) in [5, 5.41) is 0. The average Bonchev–Trinajstić information content (AvgIpc) is 2.70. The van der Waals surface area contributed by atoms with Gasteiger partial charge < -0.3 is 0 Å². The number of aryl methyl sites for hydroxylation is 1. The zero-order valence-electron chi connectivity index (χ0n) is 9.91. The van der Waals surface area contributed by atoms with E-state index in [1.165, 1.54) is 23.5 Å². The Hall–Kier alpha value is -0.940. The third kappa shape index (κ3) is 3.29. The summed E-state index contributed by atoms with van der Waals surface area (Å²) >= 11 is 7.40. The fourth-order valence-corrected chi connectivity index (χ4v) is 3.03. The van der Waals surface area contributed by atoms with Gasteiger partial charge in [0.15, 0.2) is 0 Å². The Balaban J connectivity index is 2.22. The second kappa shape index (κ2) is 5.80. The fraction of sp³-hybridized carbons (Fsp3) is 0.231. The highest BCUT2D eigenvalue weighted by molar-refractivity contribution is 7.16. The minimum atomic E-state index is -0.241. The molecule has 0 bridgehead atoms. The largest absolute Gasteiger partial charge is 0.271 e. The van der Waals surface area contributed by atoms with Crippen molar-refractivity contribution in [1.29, 1.82) is 0 Å². The van der Waals surface area contributed by atoms with Crippen LogP contribution in [0.2, 0.25) is 4.34 Å². The van der Waals surface area contributed by atoms with Crippen molar-refractivity contribution >= 4 is 22.9 Å². The maximum Gasteiger partial charge on any atom is 0.123 e. The van der Waals surface area contributed by atoms with Crippen molar-refractivity contribution in [2.75, 3.05) is 0 Å². The third-order valence-corrected chi connectivity index (χ3v) is 3.96. The van der Waals surface area contributed by atoms with Gasteiger partial charge in [-0.2, -0.15) is 0 Å². The Labute approximate surface area is 115 Å². The van der Waals surface area contributed by atoms with Crippen LogP contribution < -0.4 is 11.3 Å². The van der Waals surface area contributed by atoms with Crippen molar-refractivity contribution in [2.45, 2.75) is 19.4 Å². The summed E-state index contributed by atoms with van der Waals surface area (Å²) in [7, 11) is 0. The summed E-state index contributed by atoms with van der Waals surface area (Å²) < 4.78 is 14.1. The highest BCUT2D eigenvalue weighted by Crippen LogP contribution is 2.27. The van der Waals surface area contributed by atoms with Crippen molar-refractivity contribution in [3.8, 4) is 0 Å². The maximum absolute atomic E-state index is 13.4. The van der Waals surface area contributed by atoms with Crippen LogP contribution in [0.25, 0.3) is 0 Å². The first-order chi connectivity index (χ1) is 8.58. The third-order valence-electron chi connectivity index (χ3n) is 2.70. The van der Waals surface area contributed by atoms with E-state index in [1.54, 1.807) is 0 Å². The Bertz CT molecular complexity index is 521. The van der Waals surface area contributed by atoms with Gasteiger partial charge in [-0.25, -0.2) is 4.39 Å². The number of hydrazine groups is 1. The number of nitrogens with two attached hydrogens (primary N) is 1. The van der Waals surface area contributed by atoms with Crippen molar-refractivity contribution in [2.24, 2.45) is 5.84 Å². The van der Waals surface area contributed by atoms with Gasteiger partial charge in [-0.3, -0.25) is 11.3 Å². The molecule has 2 nitrogen and oxygen atoms in total. The van der Waals surface area contributed by atoms with E-state index >= 15 is 0 Å². The minimum Gasteiger partial charge on any atom is -0.271 e. The first kappa shape index (κ1) is 13.5. The van der Waals surface area contributed by atoms with E-state index in [2.05, 4.69) is 5.43 Å². The van der Waals surface area contributed by atoms with Crippen LogP contribution in [0.15, 0.2) is 30.3 Å². The number of thiophene rings is 1. The summed E-state index contributed by atoms with van der Waals surface area (Å²) in [6.45, 7) is 1.86. The normalized spacial score (nSPS) is 12.7. The van der Waals surface area contributed by atoms with Crippen molar-refractivity contribution in [1.82, 2.24) is 5.43 Å². The molecule has 18 heavy (non-hydrogen) atoms. The molecule has 2 rings (SSSR count). The molecular weight excluding hydrogens is 271 g/mol. The average molecular weight is 285 g/mol. The molecule has 3 N–H and O–H groups in total. The second-order valence-corrected chi connectivity index (χ2v) is 5.99. The Morgan fingerprint density at radius 2 is 2.17 bits per heavy atom. The van der Waals surface area contributed by atoms with Gasteiger partial charge in [0.25, 0.3) is 0 Å². The van der Waals surface area contributed by atoms with Crippen LogP contribution in [0.5, 0.6) is 0 Å². The van der Waals surface area contributed by atoms with Gasteiger partial charge in [0.05, 0.1) is 10.4 Å². The van der Waals surface area contributed by atoms with E-state index in [1.807, 2.05) is 25.1 Å². The Morgan fingerprint density at radius 1 is 1.39 bits per heavy atom. The lowest BCUT2D eigenvalue weighted by molar-refractivity contribution is 0.547. The first-order valence-electron chi connectivity index (χ1n) is 5.56. The molecule has 1 unspecified atom stereocenters. The summed E-state index contributed by atoms with van der Waals surface area (Å²) in [5.41, 5.74) is 4.46. The summed E-state index contributed by atoms with van der Waals surface area (Å²) in [6, 6.07) is 8.64. The Kier molecular flexibility index (Phi) is 4.35. The van der Waals surface area contributed by atoms with E-state index in [0.29, 0.717) is 6.42 Å². The highest BCUT2D eigenvalue weighted by atomic mass is 35.5. The number of benzene rings is 1. The lowest BCUT2D eigenvalue weighted by Gasteiger charge is -2.16. The molecule has 1 aromatic heterocycles. The molecule has 0 amide bonds. The predicted molar refractivity (Wildman–Crippen MR) is 74.2 cm³/mol. The van der Waals surface area contributed by atoms with Crippen LogP contribution in [0.1, 0.15) is 22.0 Å². The lowest BCUT2D eigenvalue weighted by Crippen LogP contribution is -2.29. The molecule has 0 aliphatic rings. The van der Waals surface area contributed by atoms with Gasteiger partial charge in [-0.05, 0) is 42.3 Å². The molecule has 0 radical (unpaired) electrons. The summed E-state index contributed by atoms with van der Waals surface area (Å²) in [4.78, 5) is 1.12. The van der Waals surface area contributed by atoms with Crippen LogP contribution in [0, 0.1) is 12.7 Å². The van der Waals surface area contributed by atoms with Gasteiger partial charge in [0.2, 0.25) is 0 Å². The summed E-state index contributed by atoms with van der Waals surface area (Å²) in [5.74, 6) is 5.32. The lowest BCUT2D eigenvalue weighted by atomic mass is 10.0. The van der Waals surface area contributed by atoms with Gasteiger partial charge in [0, 0.05) is 11.3 Å². The van der Waals surface area contributed by atoms with Gasteiger partial charge >= 0.3 is 0 Å². The van der Waals surface area contributed by atoms with E-state index < -0.39 is 0 Å². The van der Waals surface area contributed by atoms with Crippen molar-refractivity contribution < 1.29 is 4.39 Å². The molecular formula is C13H14ClFN2S. The molecule has 0 aliphatic carbocycles. The van der Waals surface area contributed by atoms with Gasteiger partial charge in [-0.1, -0.05) is 17.7 Å². The van der Waals surface area contributed by atoms with Crippen LogP contribution >= 0.6 is 22.9 Å². The topological polar surface area (TPSA) is 38.0 Å². The number of halogens is 2. The van der Waals surface area contributed by atoms with Gasteiger partial charge in [0.1, 0.15) is 5.82 Å². The van der Waals surface area contributed by atoms with E-state index in [0.717, 1.165) is 20.3 Å². The number of hydrogen-bond acceptors (Lipinski definition) is 3. The molecule has 5 heteroatoms. The summed E-state index contributed by atoms with van der Waals surface area (Å²) in [6.07, 6.45) is 0.691. The molecule has 1 atom stereocenters. The number of hydrogen-bond donors (Lipinski definition) is 2. The van der Waals surface area contributed by atoms with E-state index in [4.69, 9.17) is 17.4 Å². The van der Waals surface area contributed by atoms with E-state index in [9.17, 15) is 4.39 Å². The molecule has 2 aromatic rings. The van der Waals surface area contributed by atoms with Crippen LogP contribution in [-0.2, 0) is 6.42 Å². The standard InChI is InChI=1S/C13H14ClFN2S/c1-8-4-9(6-10(15)5-8)12(17-16)7-11-2-3-13(14)18-11/h2-6,12,17H,7,16H2,1H3. The van der Waals surface area contributed by atoms with Crippen LogP contribution in [0.4, 0.5) is 4.39 Å². The van der Waals surface area contributed by atoms with Gasteiger partial charge in [-0.15, -0.1) is 11.3 Å². The fourth-order valence-electron chi connectivity index (χ4n) is 1.90. The molecule has 0 spiro atoms. The minimum absolute atomic E-state index is 0.117. The maximum atomic E-state index is 13.4. The number of nitrogens with one attached hydrogen (secondary N) is 1. The SMILES string of the molecule is Cc1cc(F)cc(C(Cc2ccc(Cl)s2)NN)c1. The molecule has 0 fully saturated rings. The van der Waals surface area contributed by atoms with Crippen molar-refractivity contribution in [3.05, 3.63) is 56.5 Å². The smallest absolute Gasteiger partial charge is 0.123 e. The number of rotatable bonds is 4. The van der Waals surface area contributed by atoms with E-state index in [-0.39, 0.29) is 11.9 Å². The Morgan fingerprint density at radius 3 is 2.72 bits per heavy atom. The van der Waals surface area contributed by atoms with Crippen LogP contribution in [0.3, 0.4) is 0 Å². The zero-order chi connectivity index (χ0) is 13.1. The first-order valence-corrected chi connectivity index (χ1v) is 6.75. The monoisotopic (exact) mass is 284 g/mol. The van der Waals surface area contributed by atoms with Crippen molar-refractivity contribution in [3.63, 3.8) is 0 Å². The predicted octanol–water partition coefficient (Wildman–Crippen LogP) is 3.60. The molecule has 0 aliphatic heterocycles. The molecule has 1 aromatic carbocycles. The quantitative estimate of drug-likeness (QED) is 0.665. The highest BCUT2D eigenvalue weighted by Gasteiger charge is 2.13. The molecule has 0 saturated carbocycles.